The summed E-state index contributed by atoms with van der Waals surface area (Å²) in [7, 11) is 0. The molecule has 0 aromatic heterocycles. The van der Waals surface area contributed by atoms with E-state index in [-0.39, 0.29) is 0 Å². The van der Waals surface area contributed by atoms with E-state index in [1.807, 2.05) is 0 Å². The number of hydrogen-bond acceptors (Lipinski definition) is 2. The predicted octanol–water partition coefficient (Wildman–Crippen LogP) is 2.17. The quantitative estimate of drug-likeness (QED) is 0.658. The standard InChI is InChI=1S/C12H25NO/c1-3-11(2)9-13-10-12(7-8-14)5-4-6-12/h11,13-14H,3-10H2,1-2H3. The van der Waals surface area contributed by atoms with Crippen LogP contribution < -0.4 is 5.32 Å². The van der Waals surface area contributed by atoms with Gasteiger partial charge in [-0.25, -0.2) is 0 Å². The van der Waals surface area contributed by atoms with Crippen molar-refractivity contribution in [3.63, 3.8) is 0 Å². The van der Waals surface area contributed by atoms with Gasteiger partial charge >= 0.3 is 0 Å². The van der Waals surface area contributed by atoms with Gasteiger partial charge in [0.15, 0.2) is 0 Å². The Morgan fingerprint density at radius 3 is 2.57 bits per heavy atom. The molecule has 1 saturated carbocycles. The molecule has 1 rings (SSSR count). The van der Waals surface area contributed by atoms with Gasteiger partial charge in [-0.15, -0.1) is 0 Å². The molecule has 0 spiro atoms. The van der Waals surface area contributed by atoms with Crippen LogP contribution in [0, 0.1) is 11.3 Å². The van der Waals surface area contributed by atoms with Crippen molar-refractivity contribution >= 4 is 0 Å². The molecule has 84 valence electrons. The summed E-state index contributed by atoms with van der Waals surface area (Å²) < 4.78 is 0. The van der Waals surface area contributed by atoms with Crippen LogP contribution >= 0.6 is 0 Å². The molecule has 2 nitrogen and oxygen atoms in total. The third kappa shape index (κ3) is 3.25. The minimum Gasteiger partial charge on any atom is -0.396 e. The smallest absolute Gasteiger partial charge is 0.0436 e. The highest BCUT2D eigenvalue weighted by molar-refractivity contribution is 4.89. The van der Waals surface area contributed by atoms with Crippen molar-refractivity contribution in [2.75, 3.05) is 19.7 Å². The van der Waals surface area contributed by atoms with Gasteiger partial charge in [0.1, 0.15) is 0 Å². The van der Waals surface area contributed by atoms with Crippen LogP contribution in [0.25, 0.3) is 0 Å². The molecule has 0 amide bonds. The Morgan fingerprint density at radius 1 is 1.43 bits per heavy atom. The SMILES string of the molecule is CCC(C)CNCC1(CCO)CCC1. The maximum Gasteiger partial charge on any atom is 0.0436 e. The molecule has 0 radical (unpaired) electrons. The van der Waals surface area contributed by atoms with E-state index in [1.165, 1.54) is 25.7 Å². The summed E-state index contributed by atoms with van der Waals surface area (Å²) >= 11 is 0. The van der Waals surface area contributed by atoms with E-state index in [1.54, 1.807) is 0 Å². The Morgan fingerprint density at radius 2 is 2.14 bits per heavy atom. The van der Waals surface area contributed by atoms with E-state index in [2.05, 4.69) is 19.2 Å². The van der Waals surface area contributed by atoms with Crippen molar-refractivity contribution in [2.45, 2.75) is 46.0 Å². The van der Waals surface area contributed by atoms with Crippen molar-refractivity contribution in [1.29, 1.82) is 0 Å². The van der Waals surface area contributed by atoms with Gasteiger partial charge < -0.3 is 10.4 Å². The molecule has 0 aliphatic heterocycles. The Kier molecular flexibility index (Phi) is 4.90. The normalized spacial score (nSPS) is 21.6. The van der Waals surface area contributed by atoms with Crippen LogP contribution in [0.3, 0.4) is 0 Å². The van der Waals surface area contributed by atoms with Gasteiger partial charge in [0.2, 0.25) is 0 Å². The minimum absolute atomic E-state index is 0.352. The average Bonchev–Trinajstić information content (AvgIpc) is 2.13. The highest BCUT2D eigenvalue weighted by Gasteiger charge is 2.35. The highest BCUT2D eigenvalue weighted by Crippen LogP contribution is 2.43. The lowest BCUT2D eigenvalue weighted by Crippen LogP contribution is -2.41. The summed E-state index contributed by atoms with van der Waals surface area (Å²) in [4.78, 5) is 0. The lowest BCUT2D eigenvalue weighted by Gasteiger charge is -2.42. The number of aliphatic hydroxyl groups is 1. The molecule has 1 unspecified atom stereocenters. The Bertz CT molecular complexity index is 154. The van der Waals surface area contributed by atoms with Crippen LogP contribution in [-0.4, -0.2) is 24.8 Å². The largest absolute Gasteiger partial charge is 0.396 e. The van der Waals surface area contributed by atoms with E-state index >= 15 is 0 Å². The molecule has 0 bridgehead atoms. The van der Waals surface area contributed by atoms with E-state index in [4.69, 9.17) is 5.11 Å². The van der Waals surface area contributed by atoms with Crippen LogP contribution in [0.15, 0.2) is 0 Å². The summed E-state index contributed by atoms with van der Waals surface area (Å²) in [5, 5.41) is 12.5. The monoisotopic (exact) mass is 199 g/mol. The average molecular weight is 199 g/mol. The molecule has 1 atom stereocenters. The fourth-order valence-electron chi connectivity index (χ4n) is 2.16. The molecular weight excluding hydrogens is 174 g/mol. The van der Waals surface area contributed by atoms with E-state index in [0.717, 1.165) is 25.4 Å². The second kappa shape index (κ2) is 5.72. The fraction of sp³-hybridized carbons (Fsp3) is 1.00. The zero-order valence-electron chi connectivity index (χ0n) is 9.68. The van der Waals surface area contributed by atoms with Gasteiger partial charge in [0.05, 0.1) is 0 Å². The summed E-state index contributed by atoms with van der Waals surface area (Å²) in [5.74, 6) is 0.779. The zero-order chi connectivity index (χ0) is 10.4. The molecule has 2 heteroatoms. The van der Waals surface area contributed by atoms with Gasteiger partial charge in [-0.2, -0.15) is 0 Å². The van der Waals surface area contributed by atoms with Crippen LogP contribution in [0.2, 0.25) is 0 Å². The van der Waals surface area contributed by atoms with Crippen molar-refractivity contribution in [3.05, 3.63) is 0 Å². The van der Waals surface area contributed by atoms with Gasteiger partial charge in [-0.05, 0) is 37.1 Å². The van der Waals surface area contributed by atoms with E-state index < -0.39 is 0 Å². The van der Waals surface area contributed by atoms with Crippen molar-refractivity contribution in [3.8, 4) is 0 Å². The third-order valence-electron chi connectivity index (χ3n) is 3.75. The fourth-order valence-corrected chi connectivity index (χ4v) is 2.16. The van der Waals surface area contributed by atoms with Gasteiger partial charge in [0.25, 0.3) is 0 Å². The first-order valence-corrected chi connectivity index (χ1v) is 6.04. The summed E-state index contributed by atoms with van der Waals surface area (Å²) in [6.45, 7) is 7.11. The lowest BCUT2D eigenvalue weighted by atomic mass is 9.67. The number of nitrogens with one attached hydrogen (secondary N) is 1. The van der Waals surface area contributed by atoms with Crippen molar-refractivity contribution < 1.29 is 5.11 Å². The second-order valence-corrected chi connectivity index (χ2v) is 4.97. The molecule has 0 heterocycles. The Labute approximate surface area is 88.1 Å². The highest BCUT2D eigenvalue weighted by atomic mass is 16.3. The number of rotatable bonds is 7. The van der Waals surface area contributed by atoms with Crippen molar-refractivity contribution in [2.24, 2.45) is 11.3 Å². The first kappa shape index (κ1) is 12.0. The third-order valence-corrected chi connectivity index (χ3v) is 3.75. The van der Waals surface area contributed by atoms with E-state index in [0.29, 0.717) is 12.0 Å². The van der Waals surface area contributed by atoms with Crippen LogP contribution in [0.5, 0.6) is 0 Å². The topological polar surface area (TPSA) is 32.3 Å². The summed E-state index contributed by atoms with van der Waals surface area (Å²) in [6.07, 6.45) is 6.20. The van der Waals surface area contributed by atoms with Gasteiger partial charge in [-0.3, -0.25) is 0 Å². The Hall–Kier alpha value is -0.0800. The molecule has 0 saturated heterocycles. The van der Waals surface area contributed by atoms with Crippen molar-refractivity contribution in [1.82, 2.24) is 5.32 Å². The van der Waals surface area contributed by atoms with E-state index in [9.17, 15) is 0 Å². The second-order valence-electron chi connectivity index (χ2n) is 4.97. The lowest BCUT2D eigenvalue weighted by molar-refractivity contribution is 0.0853. The number of hydrogen-bond donors (Lipinski definition) is 2. The maximum absolute atomic E-state index is 8.99. The molecule has 2 N–H and O–H groups in total. The van der Waals surface area contributed by atoms with Crippen LogP contribution in [0.1, 0.15) is 46.0 Å². The first-order chi connectivity index (χ1) is 6.72. The number of aliphatic hydroxyl groups excluding tert-OH is 1. The Balaban J connectivity index is 2.14. The van der Waals surface area contributed by atoms with Gasteiger partial charge in [0, 0.05) is 13.2 Å². The minimum atomic E-state index is 0.352. The molecule has 14 heavy (non-hydrogen) atoms. The molecule has 0 aromatic rings. The van der Waals surface area contributed by atoms with Crippen LogP contribution in [0.4, 0.5) is 0 Å². The molecule has 1 aliphatic carbocycles. The maximum atomic E-state index is 8.99. The summed E-state index contributed by atoms with van der Waals surface area (Å²) in [5.41, 5.74) is 0.447. The van der Waals surface area contributed by atoms with Crippen LogP contribution in [-0.2, 0) is 0 Å². The molecule has 1 fully saturated rings. The summed E-state index contributed by atoms with van der Waals surface area (Å²) in [6, 6.07) is 0. The molecular formula is C12H25NO. The zero-order valence-corrected chi connectivity index (χ0v) is 9.68. The first-order valence-electron chi connectivity index (χ1n) is 6.04. The predicted molar refractivity (Wildman–Crippen MR) is 60.3 cm³/mol. The molecule has 1 aliphatic rings. The van der Waals surface area contributed by atoms with Gasteiger partial charge in [-0.1, -0.05) is 26.7 Å². The molecule has 0 aromatic carbocycles.